The Morgan fingerprint density at radius 2 is 1.64 bits per heavy atom. The highest BCUT2D eigenvalue weighted by atomic mass is 19.4. The van der Waals surface area contributed by atoms with Gasteiger partial charge in [-0.2, -0.15) is 13.2 Å². The molecule has 0 aliphatic heterocycles. The normalized spacial score (nSPS) is 19.5. The van der Waals surface area contributed by atoms with Gasteiger partial charge in [0.2, 0.25) is 0 Å². The standard InChI is InChI=1S/C20H20F3NO/c21-20(22,23)15-12-10-14(11-13-15)19(17-8-4-5-9-18(17)25)24-16-6-2-1-3-7-16/h1-3,6-7,10-13,17,19,24H,4-5,8-9H2/t17?,19-/m1/s1. The molecule has 1 saturated carbocycles. The summed E-state index contributed by atoms with van der Waals surface area (Å²) in [5.41, 5.74) is 0.882. The van der Waals surface area contributed by atoms with Gasteiger partial charge in [0.05, 0.1) is 11.6 Å². The molecule has 2 atom stereocenters. The van der Waals surface area contributed by atoms with E-state index in [1.165, 1.54) is 12.1 Å². The van der Waals surface area contributed by atoms with Gasteiger partial charge in [0.1, 0.15) is 5.78 Å². The Bertz CT molecular complexity index is 710. The van der Waals surface area contributed by atoms with Crippen LogP contribution < -0.4 is 5.32 Å². The maximum Gasteiger partial charge on any atom is 0.416 e. The zero-order chi connectivity index (χ0) is 17.9. The molecule has 0 bridgehead atoms. The van der Waals surface area contributed by atoms with E-state index < -0.39 is 11.7 Å². The smallest absolute Gasteiger partial charge is 0.378 e. The Balaban J connectivity index is 1.91. The summed E-state index contributed by atoms with van der Waals surface area (Å²) in [5.74, 6) is -0.0368. The van der Waals surface area contributed by atoms with Crippen LogP contribution in [0.1, 0.15) is 42.9 Å². The van der Waals surface area contributed by atoms with Crippen molar-refractivity contribution in [3.05, 3.63) is 65.7 Å². The van der Waals surface area contributed by atoms with Crippen molar-refractivity contribution in [1.29, 1.82) is 0 Å². The molecule has 0 aromatic heterocycles. The Morgan fingerprint density at radius 3 is 2.24 bits per heavy atom. The van der Waals surface area contributed by atoms with E-state index in [1.54, 1.807) is 0 Å². The molecule has 2 nitrogen and oxygen atoms in total. The largest absolute Gasteiger partial charge is 0.416 e. The Morgan fingerprint density at radius 1 is 0.960 bits per heavy atom. The van der Waals surface area contributed by atoms with E-state index in [4.69, 9.17) is 0 Å². The quantitative estimate of drug-likeness (QED) is 0.778. The van der Waals surface area contributed by atoms with E-state index in [0.29, 0.717) is 12.0 Å². The molecule has 5 heteroatoms. The number of carbonyl (C=O) groups excluding carboxylic acids is 1. The van der Waals surface area contributed by atoms with E-state index in [-0.39, 0.29) is 17.7 Å². The number of ketones is 1. The van der Waals surface area contributed by atoms with Gasteiger partial charge in [-0.15, -0.1) is 0 Å². The summed E-state index contributed by atoms with van der Waals surface area (Å²) in [5, 5.41) is 3.35. The lowest BCUT2D eigenvalue weighted by atomic mass is 9.80. The van der Waals surface area contributed by atoms with E-state index >= 15 is 0 Å². The predicted molar refractivity (Wildman–Crippen MR) is 91.2 cm³/mol. The molecule has 25 heavy (non-hydrogen) atoms. The number of benzene rings is 2. The van der Waals surface area contributed by atoms with Crippen LogP contribution in [-0.4, -0.2) is 5.78 Å². The number of nitrogens with one attached hydrogen (secondary N) is 1. The second-order valence-electron chi connectivity index (χ2n) is 6.43. The Kier molecular flexibility index (Phi) is 5.11. The van der Waals surface area contributed by atoms with Crippen LogP contribution in [-0.2, 0) is 11.0 Å². The minimum atomic E-state index is -4.36. The molecule has 1 fully saturated rings. The number of rotatable bonds is 4. The van der Waals surface area contributed by atoms with Crippen LogP contribution in [0, 0.1) is 5.92 Å². The van der Waals surface area contributed by atoms with Gasteiger partial charge in [-0.05, 0) is 42.7 Å². The fourth-order valence-corrected chi connectivity index (χ4v) is 3.37. The van der Waals surface area contributed by atoms with Gasteiger partial charge in [0, 0.05) is 18.0 Å². The van der Waals surface area contributed by atoms with Crippen LogP contribution >= 0.6 is 0 Å². The van der Waals surface area contributed by atoms with E-state index in [9.17, 15) is 18.0 Å². The highest BCUT2D eigenvalue weighted by Gasteiger charge is 2.33. The van der Waals surface area contributed by atoms with E-state index in [2.05, 4.69) is 5.32 Å². The van der Waals surface area contributed by atoms with Crippen molar-refractivity contribution in [3.63, 3.8) is 0 Å². The molecule has 1 aliphatic rings. The fraction of sp³-hybridized carbons (Fsp3) is 0.350. The lowest BCUT2D eigenvalue weighted by Gasteiger charge is -2.31. The zero-order valence-corrected chi connectivity index (χ0v) is 13.7. The first-order valence-electron chi connectivity index (χ1n) is 8.46. The van der Waals surface area contributed by atoms with Crippen LogP contribution in [0.15, 0.2) is 54.6 Å². The third-order valence-corrected chi connectivity index (χ3v) is 4.70. The summed E-state index contributed by atoms with van der Waals surface area (Å²) >= 11 is 0. The minimum absolute atomic E-state index is 0.180. The average molecular weight is 347 g/mol. The maximum absolute atomic E-state index is 12.8. The van der Waals surface area contributed by atoms with Gasteiger partial charge < -0.3 is 5.32 Å². The number of anilines is 1. The molecule has 1 N–H and O–H groups in total. The second-order valence-corrected chi connectivity index (χ2v) is 6.43. The average Bonchev–Trinajstić information content (AvgIpc) is 2.61. The van der Waals surface area contributed by atoms with Crippen molar-refractivity contribution in [3.8, 4) is 0 Å². The van der Waals surface area contributed by atoms with Crippen molar-refractivity contribution in [2.45, 2.75) is 37.9 Å². The van der Waals surface area contributed by atoms with Crippen molar-refractivity contribution in [2.75, 3.05) is 5.32 Å². The minimum Gasteiger partial charge on any atom is -0.378 e. The number of halogens is 3. The van der Waals surface area contributed by atoms with E-state index in [0.717, 1.165) is 37.1 Å². The zero-order valence-electron chi connectivity index (χ0n) is 13.7. The molecule has 3 rings (SSSR count). The topological polar surface area (TPSA) is 29.1 Å². The van der Waals surface area contributed by atoms with Gasteiger partial charge in [-0.1, -0.05) is 36.8 Å². The number of para-hydroxylation sites is 1. The molecule has 0 radical (unpaired) electrons. The second kappa shape index (κ2) is 7.30. The monoisotopic (exact) mass is 347 g/mol. The Labute approximate surface area is 145 Å². The molecule has 2 aromatic rings. The summed E-state index contributed by atoms with van der Waals surface area (Å²) in [6.07, 6.45) is -1.21. The molecule has 1 unspecified atom stereocenters. The summed E-state index contributed by atoms with van der Waals surface area (Å²) in [4.78, 5) is 12.4. The van der Waals surface area contributed by atoms with Gasteiger partial charge in [-0.25, -0.2) is 0 Å². The lowest BCUT2D eigenvalue weighted by molar-refractivity contribution is -0.137. The van der Waals surface area contributed by atoms with E-state index in [1.807, 2.05) is 30.3 Å². The number of Topliss-reactive ketones (excluding diaryl/α,β-unsaturated/α-hetero) is 1. The van der Waals surface area contributed by atoms with Crippen molar-refractivity contribution >= 4 is 11.5 Å². The van der Waals surface area contributed by atoms with Gasteiger partial charge >= 0.3 is 6.18 Å². The van der Waals surface area contributed by atoms with Gasteiger partial charge in [-0.3, -0.25) is 4.79 Å². The molecular weight excluding hydrogens is 327 g/mol. The van der Waals surface area contributed by atoms with Crippen molar-refractivity contribution in [1.82, 2.24) is 0 Å². The van der Waals surface area contributed by atoms with Crippen LogP contribution in [0.2, 0.25) is 0 Å². The number of hydrogen-bond donors (Lipinski definition) is 1. The number of hydrogen-bond acceptors (Lipinski definition) is 2. The SMILES string of the molecule is O=C1CCCCC1[C@H](Nc1ccccc1)c1ccc(C(F)(F)F)cc1. The summed E-state index contributed by atoms with van der Waals surface area (Å²) < 4.78 is 38.4. The lowest BCUT2D eigenvalue weighted by Crippen LogP contribution is -2.30. The summed E-state index contributed by atoms with van der Waals surface area (Å²) in [6, 6.07) is 14.3. The highest BCUT2D eigenvalue weighted by molar-refractivity contribution is 5.83. The van der Waals surface area contributed by atoms with Crippen molar-refractivity contribution in [2.24, 2.45) is 5.92 Å². The van der Waals surface area contributed by atoms with Gasteiger partial charge in [0.25, 0.3) is 0 Å². The third-order valence-electron chi connectivity index (χ3n) is 4.70. The third kappa shape index (κ3) is 4.21. The first kappa shape index (κ1) is 17.5. The molecular formula is C20H20F3NO. The highest BCUT2D eigenvalue weighted by Crippen LogP contribution is 2.36. The molecule has 0 amide bonds. The predicted octanol–water partition coefficient (Wildman–Crippen LogP) is 5.62. The Hall–Kier alpha value is -2.30. The summed E-state index contributed by atoms with van der Waals surface area (Å²) in [6.45, 7) is 0. The number of carbonyl (C=O) groups is 1. The molecule has 132 valence electrons. The maximum atomic E-state index is 12.8. The van der Waals surface area contributed by atoms with Crippen LogP contribution in [0.4, 0.5) is 18.9 Å². The molecule has 0 saturated heterocycles. The molecule has 0 heterocycles. The number of alkyl halides is 3. The molecule has 2 aromatic carbocycles. The molecule has 1 aliphatic carbocycles. The van der Waals surface area contributed by atoms with Crippen LogP contribution in [0.3, 0.4) is 0 Å². The first-order valence-corrected chi connectivity index (χ1v) is 8.46. The van der Waals surface area contributed by atoms with Crippen molar-refractivity contribution < 1.29 is 18.0 Å². The molecule has 0 spiro atoms. The first-order chi connectivity index (χ1) is 11.9. The summed E-state index contributed by atoms with van der Waals surface area (Å²) in [7, 11) is 0. The van der Waals surface area contributed by atoms with Crippen LogP contribution in [0.25, 0.3) is 0 Å². The van der Waals surface area contributed by atoms with Gasteiger partial charge in [0.15, 0.2) is 0 Å². The fourth-order valence-electron chi connectivity index (χ4n) is 3.37. The van der Waals surface area contributed by atoms with Crippen LogP contribution in [0.5, 0.6) is 0 Å².